The number of benzene rings is 3. The first-order valence-corrected chi connectivity index (χ1v) is 12.2. The van der Waals surface area contributed by atoms with Crippen LogP contribution in [0.25, 0.3) is 11.1 Å². The monoisotopic (exact) mass is 440 g/mol. The Morgan fingerprint density at radius 1 is 0.788 bits per heavy atom. The van der Waals surface area contributed by atoms with Gasteiger partial charge in [-0.1, -0.05) is 79.7 Å². The van der Waals surface area contributed by atoms with Crippen molar-refractivity contribution in [3.63, 3.8) is 0 Å². The molecule has 1 aliphatic heterocycles. The molecule has 3 nitrogen and oxygen atoms in total. The van der Waals surface area contributed by atoms with Gasteiger partial charge in [0.1, 0.15) is 12.4 Å². The quantitative estimate of drug-likeness (QED) is 0.338. The molecule has 3 aromatic rings. The molecule has 3 heteroatoms. The van der Waals surface area contributed by atoms with Gasteiger partial charge >= 0.3 is 0 Å². The van der Waals surface area contributed by atoms with E-state index in [1.807, 2.05) is 0 Å². The van der Waals surface area contributed by atoms with Crippen molar-refractivity contribution in [2.24, 2.45) is 0 Å². The number of rotatable bonds is 10. The fourth-order valence-electron chi connectivity index (χ4n) is 4.66. The predicted molar refractivity (Wildman–Crippen MR) is 139 cm³/mol. The molecular weight excluding hydrogens is 404 g/mol. The van der Waals surface area contributed by atoms with Gasteiger partial charge in [-0.05, 0) is 79.4 Å². The van der Waals surface area contributed by atoms with Gasteiger partial charge in [0.25, 0.3) is 0 Å². The number of hydrogen-bond donors (Lipinski definition) is 0. The first kappa shape index (κ1) is 23.3. The van der Waals surface area contributed by atoms with Gasteiger partial charge in [-0.2, -0.15) is 0 Å². The van der Waals surface area contributed by atoms with Crippen molar-refractivity contribution in [2.75, 3.05) is 40.0 Å². The van der Waals surface area contributed by atoms with E-state index in [2.05, 4.69) is 109 Å². The SMILES string of the molecule is CC/C(=C(\c1ccccc1)c1ccc(OCCN(C)CN2CCCC2)cc1)c1ccccc1. The van der Waals surface area contributed by atoms with Crippen LogP contribution in [0.2, 0.25) is 0 Å². The highest BCUT2D eigenvalue weighted by atomic mass is 16.5. The van der Waals surface area contributed by atoms with Crippen molar-refractivity contribution in [2.45, 2.75) is 26.2 Å². The molecule has 0 aliphatic carbocycles. The second-order valence-corrected chi connectivity index (χ2v) is 8.86. The number of nitrogens with zero attached hydrogens (tertiary/aromatic N) is 2. The van der Waals surface area contributed by atoms with Crippen molar-refractivity contribution in [3.8, 4) is 5.75 Å². The summed E-state index contributed by atoms with van der Waals surface area (Å²) in [6.07, 6.45) is 3.64. The van der Waals surface area contributed by atoms with Crippen LogP contribution in [0, 0.1) is 0 Å². The van der Waals surface area contributed by atoms with E-state index in [9.17, 15) is 0 Å². The number of allylic oxidation sites excluding steroid dienone is 1. The zero-order valence-electron chi connectivity index (χ0n) is 20.0. The van der Waals surface area contributed by atoms with Crippen molar-refractivity contribution in [1.82, 2.24) is 9.80 Å². The summed E-state index contributed by atoms with van der Waals surface area (Å²) in [5.41, 5.74) is 6.40. The summed E-state index contributed by atoms with van der Waals surface area (Å²) in [4.78, 5) is 4.87. The molecule has 172 valence electrons. The summed E-state index contributed by atoms with van der Waals surface area (Å²) in [5.74, 6) is 0.929. The van der Waals surface area contributed by atoms with Gasteiger partial charge in [0.15, 0.2) is 0 Å². The topological polar surface area (TPSA) is 15.7 Å². The van der Waals surface area contributed by atoms with Gasteiger partial charge in [0.05, 0.1) is 6.67 Å². The van der Waals surface area contributed by atoms with E-state index in [-0.39, 0.29) is 0 Å². The summed E-state index contributed by atoms with van der Waals surface area (Å²) in [7, 11) is 2.18. The summed E-state index contributed by atoms with van der Waals surface area (Å²) >= 11 is 0. The zero-order chi connectivity index (χ0) is 22.9. The molecule has 33 heavy (non-hydrogen) atoms. The van der Waals surface area contributed by atoms with Gasteiger partial charge in [0.2, 0.25) is 0 Å². The Morgan fingerprint density at radius 3 is 1.97 bits per heavy atom. The Balaban J connectivity index is 1.49. The van der Waals surface area contributed by atoms with Gasteiger partial charge in [-0.15, -0.1) is 0 Å². The van der Waals surface area contributed by atoms with E-state index < -0.39 is 0 Å². The molecule has 1 heterocycles. The first-order chi connectivity index (χ1) is 16.2. The Bertz CT molecular complexity index is 1010. The normalized spacial score (nSPS) is 15.0. The van der Waals surface area contributed by atoms with Crippen LogP contribution in [0.1, 0.15) is 42.9 Å². The zero-order valence-corrected chi connectivity index (χ0v) is 20.0. The lowest BCUT2D eigenvalue weighted by atomic mass is 9.88. The van der Waals surface area contributed by atoms with Crippen LogP contribution in [0.5, 0.6) is 5.75 Å². The molecule has 0 spiro atoms. The Morgan fingerprint density at radius 2 is 1.36 bits per heavy atom. The van der Waals surface area contributed by atoms with E-state index in [1.54, 1.807) is 0 Å². The minimum Gasteiger partial charge on any atom is -0.492 e. The third kappa shape index (κ3) is 6.34. The van der Waals surface area contributed by atoms with Crippen LogP contribution in [0.15, 0.2) is 84.9 Å². The minimum atomic E-state index is 0.704. The van der Waals surface area contributed by atoms with E-state index in [0.717, 1.165) is 25.4 Å². The lowest BCUT2D eigenvalue weighted by Gasteiger charge is -2.23. The summed E-state index contributed by atoms with van der Waals surface area (Å²) in [6, 6.07) is 30.0. The van der Waals surface area contributed by atoms with Crippen LogP contribution in [0.3, 0.4) is 0 Å². The highest BCUT2D eigenvalue weighted by molar-refractivity contribution is 5.98. The molecule has 0 saturated carbocycles. The third-order valence-corrected chi connectivity index (χ3v) is 6.36. The highest BCUT2D eigenvalue weighted by Gasteiger charge is 2.14. The van der Waals surface area contributed by atoms with Crippen LogP contribution in [-0.2, 0) is 0 Å². The Hall–Kier alpha value is -2.88. The molecular formula is C30H36N2O. The summed E-state index contributed by atoms with van der Waals surface area (Å²) < 4.78 is 6.08. The standard InChI is InChI=1S/C30H36N2O/c1-3-29(25-12-6-4-7-13-25)30(26-14-8-5-9-15-26)27-16-18-28(19-17-27)33-23-22-31(2)24-32-20-10-11-21-32/h4-9,12-19H,3,10-11,20-24H2,1-2H3/b30-29-. The molecule has 4 rings (SSSR count). The molecule has 1 aliphatic rings. The molecule has 0 N–H and O–H groups in total. The minimum absolute atomic E-state index is 0.704. The molecule has 1 saturated heterocycles. The van der Waals surface area contributed by atoms with Crippen molar-refractivity contribution in [3.05, 3.63) is 102 Å². The average Bonchev–Trinajstić information content (AvgIpc) is 3.37. The van der Waals surface area contributed by atoms with E-state index in [0.29, 0.717) is 6.61 Å². The maximum absolute atomic E-state index is 6.08. The number of likely N-dealkylation sites (N-methyl/N-ethyl adjacent to an activating group) is 1. The molecule has 0 aromatic heterocycles. The molecule has 0 unspecified atom stereocenters. The van der Waals surface area contributed by atoms with E-state index in [4.69, 9.17) is 4.74 Å². The molecule has 0 atom stereocenters. The molecule has 1 fully saturated rings. The van der Waals surface area contributed by atoms with Gasteiger partial charge in [-0.25, -0.2) is 0 Å². The van der Waals surface area contributed by atoms with Gasteiger partial charge < -0.3 is 4.74 Å². The second-order valence-electron chi connectivity index (χ2n) is 8.86. The number of likely N-dealkylation sites (tertiary alicyclic amines) is 1. The van der Waals surface area contributed by atoms with Crippen molar-refractivity contribution < 1.29 is 4.74 Å². The summed E-state index contributed by atoms with van der Waals surface area (Å²) in [6.45, 7) is 7.37. The smallest absolute Gasteiger partial charge is 0.119 e. The maximum Gasteiger partial charge on any atom is 0.119 e. The number of ether oxygens (including phenoxy) is 1. The van der Waals surface area contributed by atoms with Crippen LogP contribution < -0.4 is 4.74 Å². The fraction of sp³-hybridized carbons (Fsp3) is 0.333. The van der Waals surface area contributed by atoms with Gasteiger partial charge in [-0.3, -0.25) is 9.80 Å². The average molecular weight is 441 g/mol. The van der Waals surface area contributed by atoms with Gasteiger partial charge in [0, 0.05) is 6.54 Å². The second kappa shape index (κ2) is 11.8. The molecule has 0 radical (unpaired) electrons. The lowest BCUT2D eigenvalue weighted by Crippen LogP contribution is -2.35. The van der Waals surface area contributed by atoms with Crippen molar-refractivity contribution in [1.29, 1.82) is 0 Å². The van der Waals surface area contributed by atoms with Crippen LogP contribution in [-0.4, -0.2) is 49.8 Å². The molecule has 0 amide bonds. The fourth-order valence-corrected chi connectivity index (χ4v) is 4.66. The van der Waals surface area contributed by atoms with Crippen molar-refractivity contribution >= 4 is 11.1 Å². The maximum atomic E-state index is 6.08. The van der Waals surface area contributed by atoms with Crippen LogP contribution >= 0.6 is 0 Å². The largest absolute Gasteiger partial charge is 0.492 e. The number of hydrogen-bond acceptors (Lipinski definition) is 3. The highest BCUT2D eigenvalue weighted by Crippen LogP contribution is 2.34. The molecule has 0 bridgehead atoms. The Kier molecular flexibility index (Phi) is 8.35. The lowest BCUT2D eigenvalue weighted by molar-refractivity contribution is 0.157. The third-order valence-electron chi connectivity index (χ3n) is 6.36. The van der Waals surface area contributed by atoms with E-state index in [1.165, 1.54) is 53.8 Å². The Labute approximate surface area is 199 Å². The predicted octanol–water partition coefficient (Wildman–Crippen LogP) is 6.42. The van der Waals surface area contributed by atoms with Crippen LogP contribution in [0.4, 0.5) is 0 Å². The summed E-state index contributed by atoms with van der Waals surface area (Å²) in [5, 5.41) is 0. The molecule has 3 aromatic carbocycles. The first-order valence-electron chi connectivity index (χ1n) is 12.2. The van der Waals surface area contributed by atoms with E-state index >= 15 is 0 Å².